The van der Waals surface area contributed by atoms with Crippen molar-refractivity contribution in [1.82, 2.24) is 24.6 Å². The summed E-state index contributed by atoms with van der Waals surface area (Å²) in [7, 11) is 2.13. The van der Waals surface area contributed by atoms with Crippen LogP contribution in [0, 0.1) is 24.7 Å². The maximum absolute atomic E-state index is 11.5. The summed E-state index contributed by atoms with van der Waals surface area (Å²) >= 11 is 0. The summed E-state index contributed by atoms with van der Waals surface area (Å²) in [5.41, 5.74) is 14.8. The van der Waals surface area contributed by atoms with E-state index >= 15 is 0 Å². The number of aryl methyl sites for hydroxylation is 1. The second-order valence-electron chi connectivity index (χ2n) is 7.55. The number of likely N-dealkylation sites (tertiary alicyclic amines) is 1. The minimum Gasteiger partial charge on any atom is -0.383 e. The van der Waals surface area contributed by atoms with Gasteiger partial charge in [0, 0.05) is 24.2 Å². The molecule has 8 nitrogen and oxygen atoms in total. The van der Waals surface area contributed by atoms with E-state index in [-0.39, 0.29) is 0 Å². The lowest BCUT2D eigenvalue weighted by atomic mass is 10.0. The Kier molecular flexibility index (Phi) is 4.91. The van der Waals surface area contributed by atoms with Crippen LogP contribution >= 0.6 is 0 Å². The van der Waals surface area contributed by atoms with Gasteiger partial charge in [-0.25, -0.2) is 14.6 Å². The molecule has 1 aliphatic rings. The van der Waals surface area contributed by atoms with E-state index in [2.05, 4.69) is 33.8 Å². The Morgan fingerprint density at radius 1 is 1.31 bits per heavy atom. The highest BCUT2D eigenvalue weighted by Gasteiger charge is 2.22. The Morgan fingerprint density at radius 3 is 2.86 bits per heavy atom. The summed E-state index contributed by atoms with van der Waals surface area (Å²) in [5.74, 6) is 6.59. The number of carbonyl (C=O) groups is 1. The van der Waals surface area contributed by atoms with Gasteiger partial charge < -0.3 is 16.4 Å². The van der Waals surface area contributed by atoms with Crippen molar-refractivity contribution in [2.45, 2.75) is 19.9 Å². The first-order chi connectivity index (χ1) is 13.9. The summed E-state index contributed by atoms with van der Waals surface area (Å²) < 4.78 is 1.88. The number of hydrogen-bond donors (Lipinski definition) is 2. The van der Waals surface area contributed by atoms with E-state index in [0.717, 1.165) is 37.2 Å². The number of nitrogens with two attached hydrogens (primary N) is 2. The first-order valence-electron chi connectivity index (χ1n) is 9.50. The molecule has 29 heavy (non-hydrogen) atoms. The molecule has 0 bridgehead atoms. The molecule has 4 N–H and O–H groups in total. The quantitative estimate of drug-likeness (QED) is 0.650. The molecule has 1 aliphatic heterocycles. The fourth-order valence-corrected chi connectivity index (χ4v) is 3.70. The second kappa shape index (κ2) is 7.53. The van der Waals surface area contributed by atoms with Gasteiger partial charge in [0.1, 0.15) is 17.8 Å². The average molecular weight is 389 g/mol. The third kappa shape index (κ3) is 3.77. The van der Waals surface area contributed by atoms with E-state index < -0.39 is 5.91 Å². The van der Waals surface area contributed by atoms with Crippen molar-refractivity contribution in [3.8, 4) is 11.8 Å². The Bertz CT molecular complexity index is 1160. The van der Waals surface area contributed by atoms with Crippen LogP contribution in [0.5, 0.6) is 0 Å². The molecule has 0 radical (unpaired) electrons. The summed E-state index contributed by atoms with van der Waals surface area (Å²) in [6.07, 6.45) is 2.58. The van der Waals surface area contributed by atoms with Crippen molar-refractivity contribution in [2.24, 2.45) is 11.7 Å². The van der Waals surface area contributed by atoms with Gasteiger partial charge in [-0.15, -0.1) is 0 Å². The lowest BCUT2D eigenvalue weighted by Crippen LogP contribution is -2.17. The van der Waals surface area contributed by atoms with Crippen LogP contribution < -0.4 is 11.5 Å². The first-order valence-corrected chi connectivity index (χ1v) is 9.50. The normalized spacial score (nSPS) is 16.7. The number of hydrogen-bond acceptors (Lipinski definition) is 6. The number of primary amides is 1. The standard InChI is InChI=1S/C21H23N7O/c1-13-3-4-16(20(23)29)9-15(13)5-6-17-18-19(22)24-12-25-21(18)28(26-17)11-14-7-8-27(2)10-14/h3-4,9,12,14H,7-8,10-11H2,1-2H3,(H2,23,29)(H2,22,24,25). The number of aromatic nitrogens is 4. The van der Waals surface area contributed by atoms with Crippen LogP contribution in [0.25, 0.3) is 11.0 Å². The summed E-state index contributed by atoms with van der Waals surface area (Å²) in [6, 6.07) is 5.21. The number of benzene rings is 1. The Balaban J connectivity index is 1.75. The van der Waals surface area contributed by atoms with E-state index in [1.165, 1.54) is 6.33 Å². The van der Waals surface area contributed by atoms with Crippen LogP contribution in [0.15, 0.2) is 24.5 Å². The molecule has 1 unspecified atom stereocenters. The number of anilines is 1. The molecular weight excluding hydrogens is 366 g/mol. The molecule has 2 aromatic heterocycles. The molecule has 1 aromatic carbocycles. The minimum absolute atomic E-state index is 0.358. The second-order valence-corrected chi connectivity index (χ2v) is 7.55. The van der Waals surface area contributed by atoms with Crippen LogP contribution in [-0.2, 0) is 6.54 Å². The number of carbonyl (C=O) groups excluding carboxylic acids is 1. The molecule has 3 aromatic rings. The van der Waals surface area contributed by atoms with E-state index in [1.807, 2.05) is 17.7 Å². The van der Waals surface area contributed by atoms with E-state index in [0.29, 0.717) is 34.0 Å². The average Bonchev–Trinajstić information content (AvgIpc) is 3.25. The predicted octanol–water partition coefficient (Wildman–Crippen LogP) is 1.17. The van der Waals surface area contributed by atoms with Gasteiger partial charge in [0.15, 0.2) is 5.65 Å². The van der Waals surface area contributed by atoms with Crippen molar-refractivity contribution < 1.29 is 4.79 Å². The zero-order valence-electron chi connectivity index (χ0n) is 16.5. The van der Waals surface area contributed by atoms with Crippen LogP contribution in [0.2, 0.25) is 0 Å². The zero-order valence-corrected chi connectivity index (χ0v) is 16.5. The topological polar surface area (TPSA) is 116 Å². The SMILES string of the molecule is Cc1ccc(C(N)=O)cc1C#Cc1nn(CC2CCN(C)C2)c2ncnc(N)c12. The van der Waals surface area contributed by atoms with Crippen molar-refractivity contribution in [3.05, 3.63) is 46.9 Å². The predicted molar refractivity (Wildman–Crippen MR) is 111 cm³/mol. The smallest absolute Gasteiger partial charge is 0.248 e. The third-order valence-corrected chi connectivity index (χ3v) is 5.32. The number of amides is 1. The minimum atomic E-state index is -0.484. The molecular formula is C21H23N7O. The van der Waals surface area contributed by atoms with E-state index in [4.69, 9.17) is 16.6 Å². The molecule has 1 atom stereocenters. The van der Waals surface area contributed by atoms with Gasteiger partial charge in [0.2, 0.25) is 5.91 Å². The molecule has 8 heteroatoms. The number of nitrogen functional groups attached to an aromatic ring is 1. The van der Waals surface area contributed by atoms with Crippen LogP contribution in [0.4, 0.5) is 5.82 Å². The first kappa shape index (κ1) is 18.9. The number of nitrogens with zero attached hydrogens (tertiary/aromatic N) is 5. The summed E-state index contributed by atoms with van der Waals surface area (Å²) in [6.45, 7) is 4.81. The Morgan fingerprint density at radius 2 is 2.14 bits per heavy atom. The molecule has 148 valence electrons. The zero-order chi connectivity index (χ0) is 20.5. The van der Waals surface area contributed by atoms with Crippen LogP contribution in [0.1, 0.15) is 33.6 Å². The lowest BCUT2D eigenvalue weighted by Gasteiger charge is -2.10. The van der Waals surface area contributed by atoms with Gasteiger partial charge in [0.05, 0.1) is 5.39 Å². The highest BCUT2D eigenvalue weighted by atomic mass is 16.1. The third-order valence-electron chi connectivity index (χ3n) is 5.32. The van der Waals surface area contributed by atoms with Gasteiger partial charge in [-0.1, -0.05) is 12.0 Å². The fraction of sp³-hybridized carbons (Fsp3) is 0.333. The molecule has 0 aliphatic carbocycles. The van der Waals surface area contributed by atoms with Crippen molar-refractivity contribution in [2.75, 3.05) is 25.9 Å². The van der Waals surface area contributed by atoms with Crippen molar-refractivity contribution in [3.63, 3.8) is 0 Å². The van der Waals surface area contributed by atoms with Gasteiger partial charge in [-0.05, 0) is 56.5 Å². The molecule has 1 saturated heterocycles. The highest BCUT2D eigenvalue weighted by molar-refractivity contribution is 5.93. The summed E-state index contributed by atoms with van der Waals surface area (Å²) in [4.78, 5) is 22.3. The largest absolute Gasteiger partial charge is 0.383 e. The van der Waals surface area contributed by atoms with E-state index in [9.17, 15) is 4.79 Å². The van der Waals surface area contributed by atoms with Crippen LogP contribution in [0.3, 0.4) is 0 Å². The highest BCUT2D eigenvalue weighted by Crippen LogP contribution is 2.24. The van der Waals surface area contributed by atoms with Crippen molar-refractivity contribution >= 4 is 22.8 Å². The molecule has 1 fully saturated rings. The Labute approximate surface area is 168 Å². The lowest BCUT2D eigenvalue weighted by molar-refractivity contribution is 0.1000. The maximum atomic E-state index is 11.5. The van der Waals surface area contributed by atoms with E-state index in [1.54, 1.807) is 12.1 Å². The van der Waals surface area contributed by atoms with Crippen molar-refractivity contribution in [1.29, 1.82) is 0 Å². The fourth-order valence-electron chi connectivity index (χ4n) is 3.70. The monoisotopic (exact) mass is 389 g/mol. The van der Waals surface area contributed by atoms with Crippen LogP contribution in [-0.4, -0.2) is 50.7 Å². The molecule has 1 amide bonds. The van der Waals surface area contributed by atoms with Gasteiger partial charge in [-0.2, -0.15) is 5.10 Å². The molecule has 0 saturated carbocycles. The Hall–Kier alpha value is -3.44. The molecule has 4 rings (SSSR count). The van der Waals surface area contributed by atoms with Gasteiger partial charge >= 0.3 is 0 Å². The maximum Gasteiger partial charge on any atom is 0.248 e. The molecule has 0 spiro atoms. The molecule has 3 heterocycles. The van der Waals surface area contributed by atoms with Gasteiger partial charge in [0.25, 0.3) is 0 Å². The number of fused-ring (bicyclic) bond motifs is 1. The summed E-state index contributed by atoms with van der Waals surface area (Å²) in [5, 5.41) is 5.35. The van der Waals surface area contributed by atoms with Gasteiger partial charge in [-0.3, -0.25) is 4.79 Å². The number of rotatable bonds is 3.